The van der Waals surface area contributed by atoms with Gasteiger partial charge in [-0.2, -0.15) is 0 Å². The van der Waals surface area contributed by atoms with Gasteiger partial charge in [-0.1, -0.05) is 78.8 Å². The summed E-state index contributed by atoms with van der Waals surface area (Å²) in [6.45, 7) is 15.3. The van der Waals surface area contributed by atoms with Crippen molar-refractivity contribution in [3.05, 3.63) is 59.2 Å². The summed E-state index contributed by atoms with van der Waals surface area (Å²) >= 11 is 1.89. The first kappa shape index (κ1) is 19.9. The summed E-state index contributed by atoms with van der Waals surface area (Å²) in [5.74, 6) is 1.92. The molecule has 136 valence electrons. The van der Waals surface area contributed by atoms with Crippen molar-refractivity contribution in [1.29, 1.82) is 0 Å². The van der Waals surface area contributed by atoms with Gasteiger partial charge in [-0.05, 0) is 45.6 Å². The number of phenolic OH excluding ortho intramolecular Hbond substituents is 1. The second-order valence-corrected chi connectivity index (χ2v) is 10.1. The van der Waals surface area contributed by atoms with E-state index < -0.39 is 0 Å². The maximum Gasteiger partial charge on any atom is 0.123 e. The highest BCUT2D eigenvalue weighted by molar-refractivity contribution is 7.99. The van der Waals surface area contributed by atoms with Gasteiger partial charge < -0.3 is 5.11 Å². The number of hydrogen-bond acceptors (Lipinski definition) is 2. The molecule has 1 N–H and O–H groups in total. The number of aromatic hydroxyl groups is 1. The summed E-state index contributed by atoms with van der Waals surface area (Å²) in [7, 11) is 0. The van der Waals surface area contributed by atoms with Gasteiger partial charge in [0.15, 0.2) is 0 Å². The van der Waals surface area contributed by atoms with E-state index in [9.17, 15) is 5.11 Å². The highest BCUT2D eigenvalue weighted by Gasteiger charge is 2.27. The van der Waals surface area contributed by atoms with Crippen molar-refractivity contribution in [2.24, 2.45) is 0 Å². The first-order valence-electron chi connectivity index (χ1n) is 9.06. The topological polar surface area (TPSA) is 20.2 Å². The normalized spacial score (nSPS) is 13.7. The van der Waals surface area contributed by atoms with E-state index in [1.54, 1.807) is 0 Å². The summed E-state index contributed by atoms with van der Waals surface area (Å²) in [5, 5.41) is 10.9. The van der Waals surface area contributed by atoms with Crippen LogP contribution in [0.3, 0.4) is 0 Å². The van der Waals surface area contributed by atoms with Gasteiger partial charge in [-0.25, -0.2) is 0 Å². The molecule has 0 bridgehead atoms. The molecular weight excluding hydrogens is 324 g/mol. The molecule has 0 aliphatic rings. The summed E-state index contributed by atoms with van der Waals surface area (Å²) in [6, 6.07) is 15.0. The molecule has 0 radical (unpaired) electrons. The van der Waals surface area contributed by atoms with Crippen LogP contribution in [0.4, 0.5) is 0 Å². The first-order valence-corrected chi connectivity index (χ1v) is 10.0. The fraction of sp³-hybridized carbons (Fsp3) is 0.478. The van der Waals surface area contributed by atoms with Crippen LogP contribution >= 0.6 is 11.8 Å². The molecule has 0 saturated heterocycles. The Hall–Kier alpha value is -1.41. The Morgan fingerprint density at radius 1 is 0.880 bits per heavy atom. The molecule has 2 aromatic rings. The van der Waals surface area contributed by atoms with Crippen molar-refractivity contribution < 1.29 is 5.11 Å². The lowest BCUT2D eigenvalue weighted by Gasteiger charge is -2.29. The smallest absolute Gasteiger partial charge is 0.123 e. The molecule has 1 atom stereocenters. The van der Waals surface area contributed by atoms with Gasteiger partial charge in [-0.3, -0.25) is 0 Å². The predicted octanol–water partition coefficient (Wildman–Crippen LogP) is 6.88. The summed E-state index contributed by atoms with van der Waals surface area (Å²) in [5.41, 5.74) is 3.26. The number of thioether (sulfide) groups is 1. The molecule has 0 spiro atoms. The van der Waals surface area contributed by atoms with Crippen molar-refractivity contribution in [2.75, 3.05) is 5.75 Å². The molecule has 0 saturated carbocycles. The number of hydrogen-bond donors (Lipinski definition) is 1. The highest BCUT2D eigenvalue weighted by Crippen LogP contribution is 2.41. The first-order chi connectivity index (χ1) is 11.5. The van der Waals surface area contributed by atoms with Gasteiger partial charge in [-0.15, -0.1) is 11.8 Å². The predicted molar refractivity (Wildman–Crippen MR) is 111 cm³/mol. The van der Waals surface area contributed by atoms with Gasteiger partial charge in [0, 0.05) is 10.6 Å². The molecule has 2 rings (SSSR count). The lowest BCUT2D eigenvalue weighted by atomic mass is 9.77. The monoisotopic (exact) mass is 356 g/mol. The van der Waals surface area contributed by atoms with Crippen LogP contribution in [0.2, 0.25) is 0 Å². The van der Waals surface area contributed by atoms with E-state index in [0.717, 1.165) is 16.9 Å². The van der Waals surface area contributed by atoms with E-state index >= 15 is 0 Å². The third kappa shape index (κ3) is 5.04. The Labute approximate surface area is 157 Å². The largest absolute Gasteiger partial charge is 0.507 e. The van der Waals surface area contributed by atoms with E-state index in [4.69, 9.17) is 0 Å². The Bertz CT molecular complexity index is 670. The molecular formula is C23H32OS. The van der Waals surface area contributed by atoms with Crippen molar-refractivity contribution in [2.45, 2.75) is 70.1 Å². The van der Waals surface area contributed by atoms with Gasteiger partial charge in [0.05, 0.1) is 0 Å². The standard InChI is InChI=1S/C23H32OS/c1-16(15-25-18-11-9-8-10-12-18)17-13-19(22(2,3)4)21(24)20(14-17)23(5,6)7/h8-14,16,24H,15H2,1-7H3. The minimum atomic E-state index is -0.0770. The fourth-order valence-electron chi connectivity index (χ4n) is 2.92. The molecule has 2 aromatic carbocycles. The molecule has 0 aromatic heterocycles. The number of phenols is 1. The van der Waals surface area contributed by atoms with Crippen LogP contribution in [0.5, 0.6) is 5.75 Å². The molecule has 0 heterocycles. The Kier molecular flexibility index (Phi) is 5.93. The molecule has 2 heteroatoms. The van der Waals surface area contributed by atoms with Gasteiger partial charge in [0.2, 0.25) is 0 Å². The maximum absolute atomic E-state index is 10.9. The van der Waals surface area contributed by atoms with E-state index in [0.29, 0.717) is 11.7 Å². The average molecular weight is 357 g/mol. The van der Waals surface area contributed by atoms with E-state index in [1.807, 2.05) is 11.8 Å². The van der Waals surface area contributed by atoms with E-state index in [-0.39, 0.29) is 10.8 Å². The molecule has 0 amide bonds. The molecule has 0 aliphatic heterocycles. The van der Waals surface area contributed by atoms with Crippen molar-refractivity contribution in [3.8, 4) is 5.75 Å². The SMILES string of the molecule is CC(CSc1ccccc1)c1cc(C(C)(C)C)c(O)c(C(C)(C)C)c1. The second-order valence-electron chi connectivity index (χ2n) is 8.99. The summed E-state index contributed by atoms with van der Waals surface area (Å²) in [6.07, 6.45) is 0. The lowest BCUT2D eigenvalue weighted by Crippen LogP contribution is -2.18. The molecule has 0 fully saturated rings. The minimum Gasteiger partial charge on any atom is -0.507 e. The van der Waals surface area contributed by atoms with Crippen LogP contribution in [0.25, 0.3) is 0 Å². The zero-order valence-corrected chi connectivity index (χ0v) is 17.5. The third-order valence-electron chi connectivity index (χ3n) is 4.56. The summed E-state index contributed by atoms with van der Waals surface area (Å²) in [4.78, 5) is 1.31. The van der Waals surface area contributed by atoms with Gasteiger partial charge in [0.25, 0.3) is 0 Å². The third-order valence-corrected chi connectivity index (χ3v) is 5.83. The van der Waals surface area contributed by atoms with Crippen molar-refractivity contribution in [3.63, 3.8) is 0 Å². The maximum atomic E-state index is 10.9. The van der Waals surface area contributed by atoms with Crippen LogP contribution in [-0.4, -0.2) is 10.9 Å². The zero-order chi connectivity index (χ0) is 18.8. The zero-order valence-electron chi connectivity index (χ0n) is 16.7. The molecule has 1 unspecified atom stereocenters. The van der Waals surface area contributed by atoms with Crippen LogP contribution in [-0.2, 0) is 10.8 Å². The quantitative estimate of drug-likeness (QED) is 0.602. The van der Waals surface area contributed by atoms with Crippen LogP contribution < -0.4 is 0 Å². The Morgan fingerprint density at radius 2 is 1.36 bits per heavy atom. The second kappa shape index (κ2) is 7.45. The number of benzene rings is 2. The Balaban J connectivity index is 2.36. The van der Waals surface area contributed by atoms with Crippen molar-refractivity contribution in [1.82, 2.24) is 0 Å². The van der Waals surface area contributed by atoms with Crippen molar-refractivity contribution >= 4 is 11.8 Å². The number of rotatable bonds is 4. The van der Waals surface area contributed by atoms with Crippen LogP contribution in [0.1, 0.15) is 71.1 Å². The fourth-order valence-corrected chi connectivity index (χ4v) is 3.90. The molecule has 1 nitrogen and oxygen atoms in total. The average Bonchev–Trinajstić information content (AvgIpc) is 2.51. The van der Waals surface area contributed by atoms with Gasteiger partial charge in [0.1, 0.15) is 5.75 Å². The highest BCUT2D eigenvalue weighted by atomic mass is 32.2. The van der Waals surface area contributed by atoms with Crippen LogP contribution in [0, 0.1) is 0 Å². The van der Waals surface area contributed by atoms with Crippen LogP contribution in [0.15, 0.2) is 47.4 Å². The van der Waals surface area contributed by atoms with Gasteiger partial charge >= 0.3 is 0 Å². The van der Waals surface area contributed by atoms with E-state index in [2.05, 4.69) is 90.9 Å². The van der Waals surface area contributed by atoms with E-state index in [1.165, 1.54) is 10.5 Å². The lowest BCUT2D eigenvalue weighted by molar-refractivity contribution is 0.422. The Morgan fingerprint density at radius 3 is 1.80 bits per heavy atom. The molecule has 0 aliphatic carbocycles. The summed E-state index contributed by atoms with van der Waals surface area (Å²) < 4.78 is 0. The molecule has 25 heavy (non-hydrogen) atoms. The minimum absolute atomic E-state index is 0.0770.